The van der Waals surface area contributed by atoms with Gasteiger partial charge in [0.15, 0.2) is 0 Å². The summed E-state index contributed by atoms with van der Waals surface area (Å²) in [6.45, 7) is 1.97. The van der Waals surface area contributed by atoms with E-state index in [-0.39, 0.29) is 30.7 Å². The molecule has 1 aliphatic carbocycles. The average Bonchev–Trinajstić information content (AvgIpc) is 2.60. The Morgan fingerprint density at radius 1 is 1.25 bits per heavy atom. The molecule has 6 heteroatoms. The van der Waals surface area contributed by atoms with Crippen LogP contribution in [-0.4, -0.2) is 42.1 Å². The lowest BCUT2D eigenvalue weighted by Gasteiger charge is -2.35. The standard InChI is InChI=1S/C18H27N3O3/c1-13(19)17(22)21(2)16-10-8-15(9-11-16)20-18(23)24-12-14-6-4-3-5-7-14/h3-7,13,15-16H,8-12,19H2,1-2H3,(H,20,23)/t13-,15?,16?/m0/s1. The number of ether oxygens (including phenoxy) is 1. The molecule has 0 bridgehead atoms. The Bertz CT molecular complexity index is 540. The maximum Gasteiger partial charge on any atom is 0.407 e. The zero-order valence-electron chi connectivity index (χ0n) is 14.4. The minimum atomic E-state index is -0.473. The zero-order valence-corrected chi connectivity index (χ0v) is 14.4. The van der Waals surface area contributed by atoms with Gasteiger partial charge in [-0.15, -0.1) is 0 Å². The molecule has 1 aliphatic rings. The zero-order chi connectivity index (χ0) is 17.5. The Morgan fingerprint density at radius 3 is 2.46 bits per heavy atom. The summed E-state index contributed by atoms with van der Waals surface area (Å²) in [5.41, 5.74) is 6.62. The summed E-state index contributed by atoms with van der Waals surface area (Å²) in [6, 6.07) is 9.42. The maximum atomic E-state index is 11.9. The van der Waals surface area contributed by atoms with Gasteiger partial charge in [0.1, 0.15) is 6.61 Å². The lowest BCUT2D eigenvalue weighted by Crippen LogP contribution is -2.48. The van der Waals surface area contributed by atoms with Gasteiger partial charge < -0.3 is 20.7 Å². The van der Waals surface area contributed by atoms with Crippen LogP contribution >= 0.6 is 0 Å². The van der Waals surface area contributed by atoms with Crippen LogP contribution in [-0.2, 0) is 16.1 Å². The minimum Gasteiger partial charge on any atom is -0.445 e. The van der Waals surface area contributed by atoms with Crippen LogP contribution in [0.2, 0.25) is 0 Å². The van der Waals surface area contributed by atoms with E-state index >= 15 is 0 Å². The van der Waals surface area contributed by atoms with Crippen molar-refractivity contribution in [2.24, 2.45) is 5.73 Å². The molecule has 0 saturated heterocycles. The van der Waals surface area contributed by atoms with Crippen molar-refractivity contribution >= 4 is 12.0 Å². The predicted octanol–water partition coefficient (Wildman–Crippen LogP) is 2.03. The van der Waals surface area contributed by atoms with Gasteiger partial charge in [0.25, 0.3) is 0 Å². The normalized spacial score (nSPS) is 21.6. The average molecular weight is 333 g/mol. The molecule has 1 atom stereocenters. The first-order valence-electron chi connectivity index (χ1n) is 8.47. The lowest BCUT2D eigenvalue weighted by molar-refractivity contribution is -0.133. The smallest absolute Gasteiger partial charge is 0.407 e. The first kappa shape index (κ1) is 18.3. The number of carbonyl (C=O) groups is 2. The van der Waals surface area contributed by atoms with Crippen molar-refractivity contribution < 1.29 is 14.3 Å². The second-order valence-electron chi connectivity index (χ2n) is 6.45. The molecule has 3 N–H and O–H groups in total. The fourth-order valence-electron chi connectivity index (χ4n) is 3.04. The number of hydrogen-bond acceptors (Lipinski definition) is 4. The molecule has 1 aromatic rings. The minimum absolute atomic E-state index is 0.0336. The fourth-order valence-corrected chi connectivity index (χ4v) is 3.04. The van der Waals surface area contributed by atoms with Gasteiger partial charge in [-0.25, -0.2) is 4.79 Å². The molecule has 0 heterocycles. The highest BCUT2D eigenvalue weighted by Gasteiger charge is 2.28. The van der Waals surface area contributed by atoms with Crippen LogP contribution in [0.1, 0.15) is 38.2 Å². The van der Waals surface area contributed by atoms with Crippen LogP contribution in [0.5, 0.6) is 0 Å². The summed E-state index contributed by atoms with van der Waals surface area (Å²) in [4.78, 5) is 25.6. The van der Waals surface area contributed by atoms with Crippen molar-refractivity contribution in [3.05, 3.63) is 35.9 Å². The van der Waals surface area contributed by atoms with E-state index in [1.54, 1.807) is 18.9 Å². The molecule has 1 aromatic carbocycles. The third kappa shape index (κ3) is 5.23. The fraction of sp³-hybridized carbons (Fsp3) is 0.556. The number of nitrogens with two attached hydrogens (primary N) is 1. The van der Waals surface area contributed by atoms with Crippen molar-refractivity contribution in [1.29, 1.82) is 0 Å². The second kappa shape index (κ2) is 8.68. The van der Waals surface area contributed by atoms with Gasteiger partial charge in [-0.1, -0.05) is 30.3 Å². The Kier molecular flexibility index (Phi) is 6.61. The summed E-state index contributed by atoms with van der Waals surface area (Å²) < 4.78 is 5.24. The van der Waals surface area contributed by atoms with Gasteiger partial charge in [0, 0.05) is 19.1 Å². The first-order chi connectivity index (χ1) is 11.5. The van der Waals surface area contributed by atoms with Gasteiger partial charge in [-0.05, 0) is 38.2 Å². The molecule has 2 amide bonds. The molecule has 0 aliphatic heterocycles. The van der Waals surface area contributed by atoms with Crippen molar-refractivity contribution in [1.82, 2.24) is 10.2 Å². The topological polar surface area (TPSA) is 84.7 Å². The van der Waals surface area contributed by atoms with Crippen molar-refractivity contribution in [3.63, 3.8) is 0 Å². The molecule has 6 nitrogen and oxygen atoms in total. The van der Waals surface area contributed by atoms with Crippen molar-refractivity contribution in [2.75, 3.05) is 7.05 Å². The van der Waals surface area contributed by atoms with Crippen LogP contribution in [0.25, 0.3) is 0 Å². The Hall–Kier alpha value is -2.08. The van der Waals surface area contributed by atoms with E-state index in [2.05, 4.69) is 5.32 Å². The molecule has 0 radical (unpaired) electrons. The number of carbonyl (C=O) groups excluding carboxylic acids is 2. The quantitative estimate of drug-likeness (QED) is 0.863. The van der Waals surface area contributed by atoms with E-state index in [1.807, 2.05) is 30.3 Å². The van der Waals surface area contributed by atoms with E-state index in [9.17, 15) is 9.59 Å². The molecule has 24 heavy (non-hydrogen) atoms. The third-order valence-electron chi connectivity index (χ3n) is 4.52. The number of nitrogens with zero attached hydrogens (tertiary/aromatic N) is 1. The van der Waals surface area contributed by atoms with E-state index in [4.69, 9.17) is 10.5 Å². The molecular formula is C18H27N3O3. The number of hydrogen-bond donors (Lipinski definition) is 2. The lowest BCUT2D eigenvalue weighted by atomic mass is 9.90. The predicted molar refractivity (Wildman–Crippen MR) is 92.2 cm³/mol. The molecule has 2 rings (SSSR count). The Labute approximate surface area is 143 Å². The molecule has 0 spiro atoms. The van der Waals surface area contributed by atoms with E-state index in [0.29, 0.717) is 0 Å². The van der Waals surface area contributed by atoms with Crippen LogP contribution < -0.4 is 11.1 Å². The van der Waals surface area contributed by atoms with Gasteiger partial charge >= 0.3 is 6.09 Å². The third-order valence-corrected chi connectivity index (χ3v) is 4.52. The van der Waals surface area contributed by atoms with E-state index in [1.165, 1.54) is 0 Å². The second-order valence-corrected chi connectivity index (χ2v) is 6.45. The van der Waals surface area contributed by atoms with Crippen molar-refractivity contribution in [2.45, 2.75) is 57.3 Å². The Balaban J connectivity index is 1.70. The van der Waals surface area contributed by atoms with Gasteiger partial charge in [0.2, 0.25) is 5.91 Å². The summed E-state index contributed by atoms with van der Waals surface area (Å²) >= 11 is 0. The number of alkyl carbamates (subject to hydrolysis) is 1. The SMILES string of the molecule is C[C@H](N)C(=O)N(C)C1CCC(NC(=O)OCc2ccccc2)CC1. The summed E-state index contributed by atoms with van der Waals surface area (Å²) in [7, 11) is 1.80. The molecule has 0 aromatic heterocycles. The van der Waals surface area contributed by atoms with Gasteiger partial charge in [0.05, 0.1) is 6.04 Å². The molecule has 132 valence electrons. The summed E-state index contributed by atoms with van der Waals surface area (Å²) in [6.07, 6.45) is 3.00. The molecule has 0 unspecified atom stereocenters. The largest absolute Gasteiger partial charge is 0.445 e. The van der Waals surface area contributed by atoms with Crippen LogP contribution in [0.15, 0.2) is 30.3 Å². The highest BCUT2D eigenvalue weighted by atomic mass is 16.5. The maximum absolute atomic E-state index is 11.9. The number of nitrogens with one attached hydrogen (secondary N) is 1. The monoisotopic (exact) mass is 333 g/mol. The highest BCUT2D eigenvalue weighted by molar-refractivity contribution is 5.81. The van der Waals surface area contributed by atoms with Gasteiger partial charge in [-0.3, -0.25) is 4.79 Å². The summed E-state index contributed by atoms with van der Waals surface area (Å²) in [5.74, 6) is -0.0336. The number of amides is 2. The summed E-state index contributed by atoms with van der Waals surface area (Å²) in [5, 5.41) is 2.91. The van der Waals surface area contributed by atoms with Crippen LogP contribution in [0.4, 0.5) is 4.79 Å². The molecule has 1 fully saturated rings. The number of benzene rings is 1. The molecular weight excluding hydrogens is 306 g/mol. The van der Waals surface area contributed by atoms with E-state index in [0.717, 1.165) is 31.2 Å². The van der Waals surface area contributed by atoms with Crippen LogP contribution in [0.3, 0.4) is 0 Å². The van der Waals surface area contributed by atoms with E-state index < -0.39 is 6.04 Å². The first-order valence-corrected chi connectivity index (χ1v) is 8.47. The number of likely N-dealkylation sites (N-methyl/N-ethyl adjacent to an activating group) is 1. The van der Waals surface area contributed by atoms with Gasteiger partial charge in [-0.2, -0.15) is 0 Å². The highest BCUT2D eigenvalue weighted by Crippen LogP contribution is 2.23. The van der Waals surface area contributed by atoms with Crippen LogP contribution in [0, 0.1) is 0 Å². The molecule has 1 saturated carbocycles. The number of rotatable bonds is 5. The van der Waals surface area contributed by atoms with Crippen molar-refractivity contribution in [3.8, 4) is 0 Å². The Morgan fingerprint density at radius 2 is 1.88 bits per heavy atom.